The van der Waals surface area contributed by atoms with Gasteiger partial charge in [-0.2, -0.15) is 0 Å². The highest BCUT2D eigenvalue weighted by Gasteiger charge is 2.31. The van der Waals surface area contributed by atoms with E-state index in [-0.39, 0.29) is 17.9 Å². The van der Waals surface area contributed by atoms with Gasteiger partial charge in [-0.15, -0.1) is 0 Å². The zero-order valence-electron chi connectivity index (χ0n) is 21.7. The number of piperazine rings is 1. The van der Waals surface area contributed by atoms with Crippen molar-refractivity contribution in [1.82, 2.24) is 14.7 Å². The third kappa shape index (κ3) is 5.41. The number of amides is 2. The Labute approximate surface area is 214 Å². The van der Waals surface area contributed by atoms with Crippen LogP contribution in [0.1, 0.15) is 61.4 Å². The summed E-state index contributed by atoms with van der Waals surface area (Å²) in [5.41, 5.74) is 2.56. The Morgan fingerprint density at radius 2 is 1.78 bits per heavy atom. The van der Waals surface area contributed by atoms with E-state index in [0.717, 1.165) is 92.7 Å². The second-order valence-corrected chi connectivity index (χ2v) is 10.4. The van der Waals surface area contributed by atoms with E-state index in [2.05, 4.69) is 28.9 Å². The molecular formula is C29H38N4O3. The SMILES string of the molecule is CC(=O)N1CCN(CCCCCCOc2cc3cc4c(cc3cc2C)C(=O)N2CCC[C@H]2C=N4)CC1. The second-order valence-electron chi connectivity index (χ2n) is 10.4. The van der Waals surface area contributed by atoms with Gasteiger partial charge in [0.2, 0.25) is 5.91 Å². The molecule has 0 N–H and O–H groups in total. The molecule has 2 saturated heterocycles. The van der Waals surface area contributed by atoms with Crippen LogP contribution in [0.15, 0.2) is 29.3 Å². The summed E-state index contributed by atoms with van der Waals surface area (Å²) in [5.74, 6) is 1.20. The molecule has 5 rings (SSSR count). The maximum atomic E-state index is 13.1. The average Bonchev–Trinajstić information content (AvgIpc) is 3.31. The van der Waals surface area contributed by atoms with Crippen LogP contribution in [0.5, 0.6) is 5.75 Å². The zero-order chi connectivity index (χ0) is 25.1. The minimum Gasteiger partial charge on any atom is -0.493 e. The van der Waals surface area contributed by atoms with E-state index in [0.29, 0.717) is 12.2 Å². The third-order valence-corrected chi connectivity index (χ3v) is 7.87. The van der Waals surface area contributed by atoms with Crippen molar-refractivity contribution in [3.63, 3.8) is 0 Å². The van der Waals surface area contributed by atoms with Gasteiger partial charge in [0.1, 0.15) is 5.75 Å². The average molecular weight is 491 g/mol. The van der Waals surface area contributed by atoms with E-state index in [1.165, 1.54) is 12.8 Å². The Balaban J connectivity index is 1.11. The highest BCUT2D eigenvalue weighted by atomic mass is 16.5. The van der Waals surface area contributed by atoms with Gasteiger partial charge in [0.05, 0.1) is 23.9 Å². The number of carbonyl (C=O) groups is 2. The van der Waals surface area contributed by atoms with Gasteiger partial charge in [-0.1, -0.05) is 12.8 Å². The number of unbranched alkanes of at least 4 members (excludes halogenated alkanes) is 3. The first-order valence-corrected chi connectivity index (χ1v) is 13.5. The molecule has 0 spiro atoms. The number of hydrogen-bond donors (Lipinski definition) is 0. The van der Waals surface area contributed by atoms with Crippen LogP contribution in [0.2, 0.25) is 0 Å². The van der Waals surface area contributed by atoms with Crippen molar-refractivity contribution >= 4 is 34.5 Å². The Bertz CT molecular complexity index is 1150. The molecule has 0 saturated carbocycles. The number of ether oxygens (including phenoxy) is 1. The molecule has 2 aromatic rings. The van der Waals surface area contributed by atoms with Gasteiger partial charge in [-0.05, 0) is 79.8 Å². The van der Waals surface area contributed by atoms with Gasteiger partial charge < -0.3 is 14.5 Å². The maximum absolute atomic E-state index is 13.1. The van der Waals surface area contributed by atoms with Crippen molar-refractivity contribution in [3.05, 3.63) is 35.4 Å². The second kappa shape index (κ2) is 11.0. The molecule has 36 heavy (non-hydrogen) atoms. The molecule has 2 aromatic carbocycles. The van der Waals surface area contributed by atoms with E-state index >= 15 is 0 Å². The van der Waals surface area contributed by atoms with Crippen molar-refractivity contribution in [1.29, 1.82) is 0 Å². The fraction of sp³-hybridized carbons (Fsp3) is 0.552. The smallest absolute Gasteiger partial charge is 0.256 e. The number of nitrogens with zero attached hydrogens (tertiary/aromatic N) is 4. The lowest BCUT2D eigenvalue weighted by Crippen LogP contribution is -2.48. The summed E-state index contributed by atoms with van der Waals surface area (Å²) in [6.07, 6.45) is 8.57. The topological polar surface area (TPSA) is 65.5 Å². The molecule has 2 amide bonds. The number of carbonyl (C=O) groups excluding carboxylic acids is 2. The number of rotatable bonds is 8. The van der Waals surface area contributed by atoms with Crippen LogP contribution < -0.4 is 4.74 Å². The van der Waals surface area contributed by atoms with Gasteiger partial charge in [-0.3, -0.25) is 19.5 Å². The minimum atomic E-state index is 0.100. The van der Waals surface area contributed by atoms with Crippen molar-refractivity contribution in [2.45, 2.75) is 58.4 Å². The molecule has 1 atom stereocenters. The molecule has 0 bridgehead atoms. The first-order valence-electron chi connectivity index (χ1n) is 13.5. The van der Waals surface area contributed by atoms with Gasteiger partial charge >= 0.3 is 0 Å². The van der Waals surface area contributed by atoms with Gasteiger partial charge in [0.25, 0.3) is 5.91 Å². The van der Waals surface area contributed by atoms with Gasteiger partial charge in [0, 0.05) is 45.9 Å². The quantitative estimate of drug-likeness (QED) is 0.509. The van der Waals surface area contributed by atoms with E-state index in [1.54, 1.807) is 6.92 Å². The molecule has 0 aromatic heterocycles. The number of aliphatic imine (C=N–C) groups is 1. The summed E-state index contributed by atoms with van der Waals surface area (Å²) in [7, 11) is 0. The van der Waals surface area contributed by atoms with Crippen LogP contribution in [0.3, 0.4) is 0 Å². The van der Waals surface area contributed by atoms with Crippen molar-refractivity contribution in [3.8, 4) is 5.75 Å². The molecule has 7 nitrogen and oxygen atoms in total. The highest BCUT2D eigenvalue weighted by molar-refractivity contribution is 6.06. The van der Waals surface area contributed by atoms with Crippen molar-refractivity contribution in [2.75, 3.05) is 45.9 Å². The molecule has 7 heteroatoms. The van der Waals surface area contributed by atoms with E-state index in [1.807, 2.05) is 28.1 Å². The third-order valence-electron chi connectivity index (χ3n) is 7.87. The van der Waals surface area contributed by atoms with Gasteiger partial charge in [0.15, 0.2) is 0 Å². The molecule has 0 aliphatic carbocycles. The molecule has 3 aliphatic heterocycles. The standard InChI is InChI=1S/C29H38N4O3/c1-21-16-23-17-26-27(30-20-25-8-7-10-33(25)29(26)35)18-24(23)19-28(21)36-15-6-4-3-5-9-31-11-13-32(14-12-31)22(2)34/h16-20,25H,3-15H2,1-2H3/t25-/m0/s1. The Kier molecular flexibility index (Phi) is 7.56. The van der Waals surface area contributed by atoms with E-state index in [9.17, 15) is 9.59 Å². The van der Waals surface area contributed by atoms with Crippen LogP contribution in [0.4, 0.5) is 5.69 Å². The summed E-state index contributed by atoms with van der Waals surface area (Å²) in [4.78, 5) is 35.6. The lowest BCUT2D eigenvalue weighted by atomic mass is 10.0. The maximum Gasteiger partial charge on any atom is 0.256 e. The predicted octanol–water partition coefficient (Wildman–Crippen LogP) is 4.57. The minimum absolute atomic E-state index is 0.100. The molecule has 192 valence electrons. The van der Waals surface area contributed by atoms with Crippen molar-refractivity contribution in [2.24, 2.45) is 4.99 Å². The summed E-state index contributed by atoms with van der Waals surface area (Å²) >= 11 is 0. The first-order chi connectivity index (χ1) is 17.5. The monoisotopic (exact) mass is 490 g/mol. The van der Waals surface area contributed by atoms with E-state index < -0.39 is 0 Å². The number of hydrogen-bond acceptors (Lipinski definition) is 5. The fourth-order valence-corrected chi connectivity index (χ4v) is 5.64. The van der Waals surface area contributed by atoms with E-state index in [4.69, 9.17) is 4.74 Å². The fourth-order valence-electron chi connectivity index (χ4n) is 5.64. The highest BCUT2D eigenvalue weighted by Crippen LogP contribution is 2.34. The van der Waals surface area contributed by atoms with Gasteiger partial charge in [-0.25, -0.2) is 0 Å². The Hall–Kier alpha value is -2.93. The molecule has 0 unspecified atom stereocenters. The Morgan fingerprint density at radius 3 is 2.58 bits per heavy atom. The van der Waals surface area contributed by atoms with Crippen molar-refractivity contribution < 1.29 is 14.3 Å². The zero-order valence-corrected chi connectivity index (χ0v) is 21.7. The summed E-state index contributed by atoms with van der Waals surface area (Å²) < 4.78 is 6.16. The normalized spacial score (nSPS) is 19.9. The Morgan fingerprint density at radius 1 is 1.00 bits per heavy atom. The molecule has 0 radical (unpaired) electrons. The lowest BCUT2D eigenvalue weighted by molar-refractivity contribution is -0.130. The van der Waals surface area contributed by atoms with Crippen LogP contribution in [0, 0.1) is 6.92 Å². The molecule has 2 fully saturated rings. The van der Waals surface area contributed by atoms with Crippen LogP contribution in [-0.4, -0.2) is 84.6 Å². The van der Waals surface area contributed by atoms with Crippen LogP contribution in [-0.2, 0) is 4.79 Å². The number of fused-ring (bicyclic) bond motifs is 3. The van der Waals surface area contributed by atoms with Crippen LogP contribution in [0.25, 0.3) is 10.8 Å². The predicted molar refractivity (Wildman–Crippen MR) is 144 cm³/mol. The number of aryl methyl sites for hydroxylation is 1. The summed E-state index contributed by atoms with van der Waals surface area (Å²) in [5, 5.41) is 2.12. The first kappa shape index (κ1) is 24.8. The van der Waals surface area contributed by atoms with Crippen LogP contribution >= 0.6 is 0 Å². The number of benzene rings is 2. The molecule has 3 heterocycles. The largest absolute Gasteiger partial charge is 0.493 e. The lowest BCUT2D eigenvalue weighted by Gasteiger charge is -2.34. The summed E-state index contributed by atoms with van der Waals surface area (Å²) in [6, 6.07) is 8.38. The summed E-state index contributed by atoms with van der Waals surface area (Å²) in [6.45, 7) is 10.1. The molecular weight excluding hydrogens is 452 g/mol. The molecule has 3 aliphatic rings.